The standard InChI is InChI=1S/C13H15F13N2O.HI/c1-28(2,3)6-4-5-27-7(29)8(14,15)9(16,17)10(18,19)11(20,21)12(22,23)13(24,25)26;/h4-6H2,1-3H3;1H. The molecule has 30 heavy (non-hydrogen) atoms. The van der Waals surface area contributed by atoms with Gasteiger partial charge in [0.2, 0.25) is 0 Å². The molecule has 0 aliphatic heterocycles. The summed E-state index contributed by atoms with van der Waals surface area (Å²) in [4.78, 5) is 11.1. The Bertz CT molecular complexity index is 599. The minimum atomic E-state index is -8.02. The molecule has 1 amide bonds. The molecule has 0 spiro atoms. The molecule has 0 unspecified atom stereocenters. The molecule has 0 bridgehead atoms. The Morgan fingerprint density at radius 1 is 0.700 bits per heavy atom. The van der Waals surface area contributed by atoms with Crippen molar-refractivity contribution >= 4 is 5.91 Å². The van der Waals surface area contributed by atoms with Gasteiger partial charge in [-0.15, -0.1) is 0 Å². The lowest BCUT2D eigenvalue weighted by Gasteiger charge is -2.39. The van der Waals surface area contributed by atoms with Crippen LogP contribution in [-0.2, 0) is 4.79 Å². The average molecular weight is 590 g/mol. The first-order valence-corrected chi connectivity index (χ1v) is 7.42. The van der Waals surface area contributed by atoms with Crippen molar-refractivity contribution in [3.8, 4) is 0 Å². The molecule has 0 fully saturated rings. The van der Waals surface area contributed by atoms with Gasteiger partial charge in [-0.3, -0.25) is 4.79 Å². The molecular weight excluding hydrogens is 574 g/mol. The molecular formula is C13H16F13IN2O. The summed E-state index contributed by atoms with van der Waals surface area (Å²) in [6, 6.07) is 0. The van der Waals surface area contributed by atoms with E-state index in [4.69, 9.17) is 0 Å². The Hall–Kier alpha value is -0.750. The molecule has 0 rings (SSSR count). The first-order valence-electron chi connectivity index (χ1n) is 7.42. The normalized spacial score (nSPS) is 14.9. The summed E-state index contributed by atoms with van der Waals surface area (Å²) in [7, 11) is 4.73. The Morgan fingerprint density at radius 2 is 1.07 bits per heavy atom. The second kappa shape index (κ2) is 9.01. The molecule has 3 nitrogen and oxygen atoms in total. The number of amides is 1. The maximum Gasteiger partial charge on any atom is 0.460 e. The largest absolute Gasteiger partial charge is 1.00 e. The molecule has 0 aromatic carbocycles. The van der Waals surface area contributed by atoms with Crippen LogP contribution in [0.2, 0.25) is 0 Å². The molecule has 0 saturated heterocycles. The highest BCUT2D eigenvalue weighted by molar-refractivity contribution is 5.84. The first-order chi connectivity index (χ1) is 12.4. The molecule has 0 radical (unpaired) electrons. The van der Waals surface area contributed by atoms with Gasteiger partial charge in [-0.05, 0) is 0 Å². The summed E-state index contributed by atoms with van der Waals surface area (Å²) in [5.74, 6) is -41.4. The minimum absolute atomic E-state index is 0. The van der Waals surface area contributed by atoms with Crippen LogP contribution in [-0.4, -0.2) is 80.4 Å². The van der Waals surface area contributed by atoms with E-state index < -0.39 is 48.2 Å². The number of rotatable bonds is 9. The average Bonchev–Trinajstić information content (AvgIpc) is 2.48. The maximum atomic E-state index is 13.5. The molecule has 1 N–H and O–H groups in total. The van der Waals surface area contributed by atoms with E-state index >= 15 is 0 Å². The highest BCUT2D eigenvalue weighted by Crippen LogP contribution is 2.60. The van der Waals surface area contributed by atoms with Crippen molar-refractivity contribution in [1.82, 2.24) is 5.32 Å². The van der Waals surface area contributed by atoms with Gasteiger partial charge in [0, 0.05) is 13.0 Å². The fraction of sp³-hybridized carbons (Fsp3) is 0.923. The van der Waals surface area contributed by atoms with Crippen LogP contribution in [0, 0.1) is 0 Å². The predicted molar refractivity (Wildman–Crippen MR) is 71.3 cm³/mol. The number of halogens is 14. The van der Waals surface area contributed by atoms with Crippen LogP contribution >= 0.6 is 0 Å². The van der Waals surface area contributed by atoms with Crippen molar-refractivity contribution in [1.29, 1.82) is 0 Å². The van der Waals surface area contributed by atoms with E-state index in [2.05, 4.69) is 0 Å². The van der Waals surface area contributed by atoms with E-state index in [0.717, 1.165) is 5.32 Å². The van der Waals surface area contributed by atoms with Gasteiger partial charge in [-0.2, -0.15) is 57.1 Å². The minimum Gasteiger partial charge on any atom is -1.00 e. The van der Waals surface area contributed by atoms with E-state index in [1.807, 2.05) is 0 Å². The number of nitrogens with zero attached hydrogens (tertiary/aromatic N) is 1. The number of carbonyl (C=O) groups excluding carboxylic acids is 1. The predicted octanol–water partition coefficient (Wildman–Crippen LogP) is 0.942. The van der Waals surface area contributed by atoms with E-state index in [0.29, 0.717) is 0 Å². The SMILES string of the molecule is C[N+](C)(C)CCCNC(=O)C(F)(F)C(F)(F)C(F)(F)C(F)(F)C(F)(F)C(F)(F)F.[I-]. The Balaban J connectivity index is 0. The third-order valence-electron chi connectivity index (χ3n) is 3.51. The first kappa shape index (κ1) is 31.4. The van der Waals surface area contributed by atoms with Gasteiger partial charge < -0.3 is 33.8 Å². The zero-order valence-corrected chi connectivity index (χ0v) is 17.4. The summed E-state index contributed by atoms with van der Waals surface area (Å²) < 4.78 is 168. The third kappa shape index (κ3) is 5.53. The quantitative estimate of drug-likeness (QED) is 0.185. The summed E-state index contributed by atoms with van der Waals surface area (Å²) >= 11 is 0. The van der Waals surface area contributed by atoms with Gasteiger partial charge in [0.25, 0.3) is 5.91 Å². The number of carbonyl (C=O) groups is 1. The zero-order valence-electron chi connectivity index (χ0n) is 15.3. The van der Waals surface area contributed by atoms with E-state index in [9.17, 15) is 61.9 Å². The fourth-order valence-electron chi connectivity index (χ4n) is 1.78. The molecule has 17 heteroatoms. The van der Waals surface area contributed by atoms with Crippen molar-refractivity contribution in [3.63, 3.8) is 0 Å². The topological polar surface area (TPSA) is 29.1 Å². The molecule has 182 valence electrons. The number of alkyl halides is 13. The smallest absolute Gasteiger partial charge is 0.460 e. The number of quaternary nitrogens is 1. The highest BCUT2D eigenvalue weighted by Gasteiger charge is 2.91. The van der Waals surface area contributed by atoms with Crippen LogP contribution in [0.15, 0.2) is 0 Å². The van der Waals surface area contributed by atoms with Crippen LogP contribution in [0.3, 0.4) is 0 Å². The molecule has 0 atom stereocenters. The van der Waals surface area contributed by atoms with Crippen molar-refractivity contribution in [2.75, 3.05) is 34.2 Å². The summed E-state index contributed by atoms with van der Waals surface area (Å²) in [5.41, 5.74) is 0. The van der Waals surface area contributed by atoms with Gasteiger partial charge in [0.1, 0.15) is 0 Å². The lowest BCUT2D eigenvalue weighted by Crippen LogP contribution is -3.00. The van der Waals surface area contributed by atoms with Crippen LogP contribution in [0.25, 0.3) is 0 Å². The van der Waals surface area contributed by atoms with Gasteiger partial charge >= 0.3 is 35.8 Å². The monoisotopic (exact) mass is 590 g/mol. The van der Waals surface area contributed by atoms with Gasteiger partial charge in [-0.25, -0.2) is 0 Å². The van der Waals surface area contributed by atoms with Crippen molar-refractivity contribution in [3.05, 3.63) is 0 Å². The van der Waals surface area contributed by atoms with Crippen molar-refractivity contribution in [2.24, 2.45) is 0 Å². The molecule has 0 aliphatic carbocycles. The second-order valence-corrected chi connectivity index (χ2v) is 6.99. The third-order valence-corrected chi connectivity index (χ3v) is 3.51. The van der Waals surface area contributed by atoms with Crippen LogP contribution in [0.4, 0.5) is 57.1 Å². The van der Waals surface area contributed by atoms with Gasteiger partial charge in [-0.1, -0.05) is 0 Å². The molecule has 0 saturated carbocycles. The van der Waals surface area contributed by atoms with Crippen LogP contribution in [0.1, 0.15) is 6.42 Å². The lowest BCUT2D eigenvalue weighted by molar-refractivity contribution is -0.870. The van der Waals surface area contributed by atoms with E-state index in [1.165, 1.54) is 0 Å². The highest BCUT2D eigenvalue weighted by atomic mass is 127. The zero-order chi connectivity index (χ0) is 23.9. The number of hydrogen-bond donors (Lipinski definition) is 1. The molecule has 0 aromatic rings. The van der Waals surface area contributed by atoms with E-state index in [-0.39, 0.29) is 41.4 Å². The Morgan fingerprint density at radius 3 is 1.40 bits per heavy atom. The number of hydrogen-bond acceptors (Lipinski definition) is 1. The fourth-order valence-corrected chi connectivity index (χ4v) is 1.78. The van der Waals surface area contributed by atoms with Crippen LogP contribution in [0.5, 0.6) is 0 Å². The maximum absolute atomic E-state index is 13.5. The van der Waals surface area contributed by atoms with Crippen LogP contribution < -0.4 is 29.3 Å². The van der Waals surface area contributed by atoms with Crippen molar-refractivity contribution in [2.45, 2.75) is 42.2 Å². The van der Waals surface area contributed by atoms with Crippen molar-refractivity contribution < 1.29 is 90.3 Å². The van der Waals surface area contributed by atoms with Gasteiger partial charge in [0.05, 0.1) is 27.7 Å². The number of nitrogens with one attached hydrogen (secondary N) is 1. The van der Waals surface area contributed by atoms with E-state index in [1.54, 1.807) is 21.1 Å². The van der Waals surface area contributed by atoms with Gasteiger partial charge in [0.15, 0.2) is 0 Å². The Kier molecular flexibility index (Phi) is 9.44. The summed E-state index contributed by atoms with van der Waals surface area (Å²) in [5, 5.41) is 1.03. The Labute approximate surface area is 178 Å². The molecule has 0 heterocycles. The molecule has 0 aliphatic rings. The molecule has 0 aromatic heterocycles. The lowest BCUT2D eigenvalue weighted by atomic mass is 9.93. The summed E-state index contributed by atoms with van der Waals surface area (Å²) in [6.45, 7) is -0.699. The summed E-state index contributed by atoms with van der Waals surface area (Å²) in [6.07, 6.45) is -7.67. The second-order valence-electron chi connectivity index (χ2n) is 6.99.